The third-order valence-corrected chi connectivity index (χ3v) is 4.67. The van der Waals surface area contributed by atoms with Crippen molar-refractivity contribution >= 4 is 17.4 Å². The minimum Gasteiger partial charge on any atom is -0.336 e. The van der Waals surface area contributed by atoms with E-state index in [-0.39, 0.29) is 12.1 Å². The van der Waals surface area contributed by atoms with Gasteiger partial charge in [-0.15, -0.1) is 11.3 Å². The summed E-state index contributed by atoms with van der Waals surface area (Å²) in [6, 6.07) is -0.0898. The van der Waals surface area contributed by atoms with Gasteiger partial charge in [0, 0.05) is 30.2 Å². The average Bonchev–Trinajstić information content (AvgIpc) is 3.02. The first-order valence-electron chi connectivity index (χ1n) is 7.46. The number of aryl methyl sites for hydroxylation is 3. The van der Waals surface area contributed by atoms with Crippen LogP contribution in [0.3, 0.4) is 0 Å². The first kappa shape index (κ1) is 17.4. The van der Waals surface area contributed by atoms with Gasteiger partial charge in [0.1, 0.15) is 0 Å². The fourth-order valence-electron chi connectivity index (χ4n) is 2.36. The van der Waals surface area contributed by atoms with Crippen LogP contribution in [-0.4, -0.2) is 46.3 Å². The van der Waals surface area contributed by atoms with Crippen LogP contribution in [0.5, 0.6) is 0 Å². The van der Waals surface area contributed by atoms with Crippen LogP contribution in [0, 0.1) is 13.8 Å². The molecule has 2 heterocycles. The molecule has 7 nitrogen and oxygen atoms in total. The SMILES string of the molecule is Cc1nc(C)c(CNC(=O)NC[C@@H](c2cnn(C)c2)N(C)C)s1. The number of hydrogen-bond donors (Lipinski definition) is 2. The highest BCUT2D eigenvalue weighted by atomic mass is 32.1. The Morgan fingerprint density at radius 1 is 1.39 bits per heavy atom. The number of likely N-dealkylation sites (N-methyl/N-ethyl adjacent to an activating group) is 1. The van der Waals surface area contributed by atoms with Crippen LogP contribution in [0.1, 0.15) is 27.2 Å². The molecule has 0 spiro atoms. The lowest BCUT2D eigenvalue weighted by molar-refractivity contribution is 0.232. The molecule has 0 aliphatic heterocycles. The van der Waals surface area contributed by atoms with Gasteiger partial charge in [-0.3, -0.25) is 4.68 Å². The number of rotatable bonds is 6. The maximum atomic E-state index is 12.0. The number of amides is 2. The molecular weight excluding hydrogens is 312 g/mol. The minimum absolute atomic E-state index is 0.0850. The molecule has 0 aromatic carbocycles. The third kappa shape index (κ3) is 4.77. The Labute approximate surface area is 140 Å². The van der Waals surface area contributed by atoms with E-state index in [4.69, 9.17) is 0 Å². The van der Waals surface area contributed by atoms with Gasteiger partial charge in [0.2, 0.25) is 0 Å². The molecule has 2 aromatic rings. The summed E-state index contributed by atoms with van der Waals surface area (Å²) in [6.07, 6.45) is 3.79. The van der Waals surface area contributed by atoms with Crippen LogP contribution in [0.2, 0.25) is 0 Å². The number of urea groups is 1. The second kappa shape index (κ2) is 7.56. The van der Waals surface area contributed by atoms with Crippen molar-refractivity contribution in [3.63, 3.8) is 0 Å². The molecule has 0 aliphatic carbocycles. The highest BCUT2D eigenvalue weighted by Crippen LogP contribution is 2.17. The molecule has 126 valence electrons. The van der Waals surface area contributed by atoms with E-state index >= 15 is 0 Å². The zero-order valence-electron chi connectivity index (χ0n) is 14.3. The molecule has 2 N–H and O–H groups in total. The summed E-state index contributed by atoms with van der Waals surface area (Å²) >= 11 is 1.61. The van der Waals surface area contributed by atoms with Crippen LogP contribution in [0.4, 0.5) is 4.79 Å². The summed E-state index contributed by atoms with van der Waals surface area (Å²) < 4.78 is 1.76. The van der Waals surface area contributed by atoms with Gasteiger partial charge in [-0.1, -0.05) is 0 Å². The smallest absolute Gasteiger partial charge is 0.315 e. The predicted octanol–water partition coefficient (Wildman–Crippen LogP) is 1.60. The van der Waals surface area contributed by atoms with E-state index in [0.29, 0.717) is 13.1 Å². The molecule has 0 fully saturated rings. The number of hydrogen-bond acceptors (Lipinski definition) is 5. The Morgan fingerprint density at radius 2 is 2.13 bits per heavy atom. The normalized spacial score (nSPS) is 12.4. The molecule has 0 aliphatic rings. The summed E-state index contributed by atoms with van der Waals surface area (Å²) in [5.74, 6) is 0. The maximum Gasteiger partial charge on any atom is 0.315 e. The highest BCUT2D eigenvalue weighted by molar-refractivity contribution is 7.11. The van der Waals surface area contributed by atoms with Gasteiger partial charge in [-0.05, 0) is 27.9 Å². The summed E-state index contributed by atoms with van der Waals surface area (Å²) in [5, 5.41) is 11.0. The second-order valence-corrected chi connectivity index (χ2v) is 7.02. The van der Waals surface area contributed by atoms with E-state index in [1.54, 1.807) is 16.0 Å². The van der Waals surface area contributed by atoms with Crippen molar-refractivity contribution in [1.29, 1.82) is 0 Å². The van der Waals surface area contributed by atoms with E-state index in [1.165, 1.54) is 0 Å². The first-order valence-corrected chi connectivity index (χ1v) is 8.28. The summed E-state index contributed by atoms with van der Waals surface area (Å²) in [5.41, 5.74) is 2.06. The van der Waals surface area contributed by atoms with Crippen LogP contribution in [0.25, 0.3) is 0 Å². The van der Waals surface area contributed by atoms with Crippen LogP contribution in [0.15, 0.2) is 12.4 Å². The van der Waals surface area contributed by atoms with Gasteiger partial charge < -0.3 is 15.5 Å². The van der Waals surface area contributed by atoms with Crippen molar-refractivity contribution in [1.82, 2.24) is 30.3 Å². The molecular formula is C15H24N6OS. The molecule has 1 atom stereocenters. The molecule has 8 heteroatoms. The number of thiazole rings is 1. The van der Waals surface area contributed by atoms with E-state index in [1.807, 2.05) is 47.4 Å². The molecule has 0 radical (unpaired) electrons. The summed E-state index contributed by atoms with van der Waals surface area (Å²) in [6.45, 7) is 4.95. The van der Waals surface area contributed by atoms with Crippen LogP contribution >= 0.6 is 11.3 Å². The number of nitrogens with zero attached hydrogens (tertiary/aromatic N) is 4. The van der Waals surface area contributed by atoms with Crippen molar-refractivity contribution in [2.24, 2.45) is 7.05 Å². The largest absolute Gasteiger partial charge is 0.336 e. The van der Waals surface area contributed by atoms with Crippen molar-refractivity contribution in [2.75, 3.05) is 20.6 Å². The van der Waals surface area contributed by atoms with E-state index < -0.39 is 0 Å². The van der Waals surface area contributed by atoms with Crippen LogP contribution < -0.4 is 10.6 Å². The lowest BCUT2D eigenvalue weighted by atomic mass is 10.1. The van der Waals surface area contributed by atoms with Gasteiger partial charge in [-0.2, -0.15) is 5.10 Å². The first-order chi connectivity index (χ1) is 10.9. The molecule has 0 saturated carbocycles. The van der Waals surface area contributed by atoms with Crippen molar-refractivity contribution < 1.29 is 4.79 Å². The Morgan fingerprint density at radius 3 is 2.65 bits per heavy atom. The fourth-order valence-corrected chi connectivity index (χ4v) is 3.24. The Balaban J connectivity index is 1.85. The fraction of sp³-hybridized carbons (Fsp3) is 0.533. The number of carbonyl (C=O) groups is 1. The van der Waals surface area contributed by atoms with Gasteiger partial charge in [-0.25, -0.2) is 9.78 Å². The standard InChI is InChI=1S/C15H24N6OS/c1-10-14(23-11(2)19-10)8-17-15(22)16-7-13(20(3)4)12-6-18-21(5)9-12/h6,9,13H,7-8H2,1-5H3,(H2,16,17,22)/t13-/m0/s1. The lowest BCUT2D eigenvalue weighted by Crippen LogP contribution is -2.40. The number of aromatic nitrogens is 3. The van der Waals surface area contributed by atoms with Gasteiger partial charge in [0.05, 0.1) is 29.5 Å². The highest BCUT2D eigenvalue weighted by Gasteiger charge is 2.17. The van der Waals surface area contributed by atoms with Gasteiger partial charge in [0.15, 0.2) is 0 Å². The summed E-state index contributed by atoms with van der Waals surface area (Å²) in [7, 11) is 5.86. The average molecular weight is 336 g/mol. The molecule has 2 rings (SSSR count). The van der Waals surface area contributed by atoms with Gasteiger partial charge >= 0.3 is 6.03 Å². The van der Waals surface area contributed by atoms with E-state index in [9.17, 15) is 4.79 Å². The Hall–Kier alpha value is -1.93. The van der Waals surface area contributed by atoms with Crippen molar-refractivity contribution in [2.45, 2.75) is 26.4 Å². The minimum atomic E-state index is -0.175. The number of nitrogens with one attached hydrogen (secondary N) is 2. The van der Waals surface area contributed by atoms with Crippen molar-refractivity contribution in [3.05, 3.63) is 33.5 Å². The number of carbonyl (C=O) groups excluding carboxylic acids is 1. The molecule has 0 saturated heterocycles. The monoisotopic (exact) mass is 336 g/mol. The quantitative estimate of drug-likeness (QED) is 0.840. The molecule has 2 amide bonds. The molecule has 0 unspecified atom stereocenters. The van der Waals surface area contributed by atoms with E-state index in [0.717, 1.165) is 21.1 Å². The topological polar surface area (TPSA) is 75.1 Å². The Bertz CT molecular complexity index is 663. The lowest BCUT2D eigenvalue weighted by Gasteiger charge is -2.23. The molecule has 0 bridgehead atoms. The van der Waals surface area contributed by atoms with Crippen LogP contribution in [-0.2, 0) is 13.6 Å². The van der Waals surface area contributed by atoms with Gasteiger partial charge in [0.25, 0.3) is 0 Å². The van der Waals surface area contributed by atoms with Crippen molar-refractivity contribution in [3.8, 4) is 0 Å². The zero-order chi connectivity index (χ0) is 17.0. The predicted molar refractivity (Wildman–Crippen MR) is 91.5 cm³/mol. The van der Waals surface area contributed by atoms with E-state index in [2.05, 4.69) is 25.6 Å². The molecule has 2 aromatic heterocycles. The maximum absolute atomic E-state index is 12.0. The molecule has 23 heavy (non-hydrogen) atoms. The third-order valence-electron chi connectivity index (χ3n) is 3.60. The zero-order valence-corrected chi connectivity index (χ0v) is 15.1. The summed E-state index contributed by atoms with van der Waals surface area (Å²) in [4.78, 5) is 19.5. The Kier molecular flexibility index (Phi) is 5.73. The second-order valence-electron chi connectivity index (χ2n) is 5.73.